The van der Waals surface area contributed by atoms with Gasteiger partial charge in [-0.1, -0.05) is 54.3 Å². The number of hydrogen-bond acceptors (Lipinski definition) is 3. The minimum Gasteiger partial charge on any atom is -0.280 e. The van der Waals surface area contributed by atoms with E-state index in [1.54, 1.807) is 18.3 Å². The normalized spacial score (nSPS) is 10.5. The summed E-state index contributed by atoms with van der Waals surface area (Å²) < 4.78 is 0. The second-order valence-electron chi connectivity index (χ2n) is 5.19. The minimum atomic E-state index is -0.420. The number of nitro groups is 1. The summed E-state index contributed by atoms with van der Waals surface area (Å²) in [6.07, 6.45) is 1.60. The molecule has 0 unspecified atom stereocenters. The number of benzene rings is 3. The number of hydrogen-bond donors (Lipinski definition) is 0. The first-order chi connectivity index (χ1) is 11.7. The van der Waals surface area contributed by atoms with Crippen molar-refractivity contribution >= 4 is 22.7 Å². The highest BCUT2D eigenvalue weighted by Crippen LogP contribution is 2.15. The van der Waals surface area contributed by atoms with E-state index in [0.29, 0.717) is 12.1 Å². The smallest absolute Gasteiger partial charge is 0.270 e. The van der Waals surface area contributed by atoms with E-state index in [1.165, 1.54) is 17.5 Å². The van der Waals surface area contributed by atoms with Crippen LogP contribution >= 0.6 is 0 Å². The summed E-state index contributed by atoms with van der Waals surface area (Å²) in [6.45, 7) is 0.343. The van der Waals surface area contributed by atoms with Crippen LogP contribution < -0.4 is 0 Å². The number of aliphatic imine (C=N–C) groups is 1. The topological polar surface area (TPSA) is 55.5 Å². The van der Waals surface area contributed by atoms with E-state index < -0.39 is 4.92 Å². The maximum atomic E-state index is 10.7. The predicted molar refractivity (Wildman–Crippen MR) is 96.4 cm³/mol. The molecular weight excluding hydrogens is 300 g/mol. The molecule has 0 spiro atoms. The van der Waals surface area contributed by atoms with E-state index >= 15 is 0 Å². The summed E-state index contributed by atoms with van der Waals surface area (Å²) in [5.74, 6) is 6.07. The molecular formula is C20H14N2O2. The van der Waals surface area contributed by atoms with E-state index in [4.69, 9.17) is 0 Å². The lowest BCUT2D eigenvalue weighted by molar-refractivity contribution is -0.384. The molecule has 4 heteroatoms. The van der Waals surface area contributed by atoms with E-state index in [1.807, 2.05) is 30.3 Å². The van der Waals surface area contributed by atoms with Gasteiger partial charge in [-0.05, 0) is 28.5 Å². The third-order valence-electron chi connectivity index (χ3n) is 3.47. The predicted octanol–water partition coefficient (Wildman–Crippen LogP) is 4.22. The monoisotopic (exact) mass is 314 g/mol. The van der Waals surface area contributed by atoms with Gasteiger partial charge in [0.15, 0.2) is 0 Å². The first-order valence-electron chi connectivity index (χ1n) is 7.44. The first-order valence-corrected chi connectivity index (χ1v) is 7.44. The molecule has 4 nitrogen and oxygen atoms in total. The molecule has 116 valence electrons. The molecule has 0 saturated carbocycles. The SMILES string of the molecule is O=[N+]([O-])c1cccc(C=NCC#Cc2ccc3ccccc3c2)c1. The van der Waals surface area contributed by atoms with Crippen LogP contribution in [0.2, 0.25) is 0 Å². The fraction of sp³-hybridized carbons (Fsp3) is 0.0500. The molecule has 0 amide bonds. The molecule has 0 aliphatic heterocycles. The molecule has 0 radical (unpaired) electrons. The highest BCUT2D eigenvalue weighted by atomic mass is 16.6. The Balaban J connectivity index is 1.66. The fourth-order valence-electron chi connectivity index (χ4n) is 2.32. The van der Waals surface area contributed by atoms with Gasteiger partial charge in [-0.15, -0.1) is 0 Å². The Morgan fingerprint density at radius 1 is 1.00 bits per heavy atom. The van der Waals surface area contributed by atoms with Gasteiger partial charge in [0.25, 0.3) is 5.69 Å². The molecule has 0 fully saturated rings. The summed E-state index contributed by atoms with van der Waals surface area (Å²) in [6, 6.07) is 20.6. The summed E-state index contributed by atoms with van der Waals surface area (Å²) in [5, 5.41) is 13.1. The second kappa shape index (κ2) is 7.21. The highest BCUT2D eigenvalue weighted by Gasteiger charge is 2.03. The van der Waals surface area contributed by atoms with Gasteiger partial charge in [0.05, 0.1) is 4.92 Å². The van der Waals surface area contributed by atoms with Crippen molar-refractivity contribution in [2.24, 2.45) is 4.99 Å². The van der Waals surface area contributed by atoms with Crippen molar-refractivity contribution in [1.82, 2.24) is 0 Å². The lowest BCUT2D eigenvalue weighted by Gasteiger charge is -1.97. The van der Waals surface area contributed by atoms with Crippen LogP contribution in [0.4, 0.5) is 5.69 Å². The average molecular weight is 314 g/mol. The summed E-state index contributed by atoms with van der Waals surface area (Å²) in [7, 11) is 0. The van der Waals surface area contributed by atoms with Crippen molar-refractivity contribution in [3.8, 4) is 11.8 Å². The third-order valence-corrected chi connectivity index (χ3v) is 3.47. The van der Waals surface area contributed by atoms with Gasteiger partial charge < -0.3 is 0 Å². The first kappa shape index (κ1) is 15.4. The molecule has 0 aliphatic rings. The molecule has 0 atom stereocenters. The van der Waals surface area contributed by atoms with Crippen molar-refractivity contribution in [3.05, 3.63) is 88.0 Å². The lowest BCUT2D eigenvalue weighted by Crippen LogP contribution is -1.89. The minimum absolute atomic E-state index is 0.0567. The van der Waals surface area contributed by atoms with Crippen LogP contribution in [0.1, 0.15) is 11.1 Å². The molecule has 0 saturated heterocycles. The Hall–Kier alpha value is -3.45. The molecule has 24 heavy (non-hydrogen) atoms. The van der Waals surface area contributed by atoms with E-state index in [-0.39, 0.29) is 5.69 Å². The number of fused-ring (bicyclic) bond motifs is 1. The maximum Gasteiger partial charge on any atom is 0.270 e. The van der Waals surface area contributed by atoms with Gasteiger partial charge >= 0.3 is 0 Å². The Morgan fingerprint density at radius 2 is 1.83 bits per heavy atom. The standard InChI is InChI=1S/C20H14N2O2/c23-22(24)20-9-3-5-17(14-20)15-21-12-4-6-16-10-11-18-7-1-2-8-19(18)13-16/h1-3,5,7-11,13-15H,12H2. The second-order valence-corrected chi connectivity index (χ2v) is 5.19. The quantitative estimate of drug-likeness (QED) is 0.314. The Labute approximate surface area is 139 Å². The van der Waals surface area contributed by atoms with Gasteiger partial charge in [-0.3, -0.25) is 15.1 Å². The maximum absolute atomic E-state index is 10.7. The van der Waals surface area contributed by atoms with E-state index in [0.717, 1.165) is 10.9 Å². The molecule has 0 aromatic heterocycles. The molecule has 3 aromatic carbocycles. The molecule has 0 N–H and O–H groups in total. The van der Waals surface area contributed by atoms with Crippen molar-refractivity contribution < 1.29 is 4.92 Å². The molecule has 0 heterocycles. The van der Waals surface area contributed by atoms with Gasteiger partial charge in [0, 0.05) is 23.9 Å². The van der Waals surface area contributed by atoms with E-state index in [2.05, 4.69) is 29.0 Å². The van der Waals surface area contributed by atoms with Crippen LogP contribution in [0.5, 0.6) is 0 Å². The van der Waals surface area contributed by atoms with Crippen molar-refractivity contribution in [2.45, 2.75) is 0 Å². The van der Waals surface area contributed by atoms with Crippen LogP contribution in [0, 0.1) is 22.0 Å². The molecule has 3 rings (SSSR count). The summed E-state index contributed by atoms with van der Waals surface area (Å²) in [5.41, 5.74) is 1.69. The van der Waals surface area contributed by atoms with Crippen molar-refractivity contribution in [1.29, 1.82) is 0 Å². The van der Waals surface area contributed by atoms with Crippen LogP contribution in [-0.4, -0.2) is 17.7 Å². The zero-order valence-corrected chi connectivity index (χ0v) is 12.8. The van der Waals surface area contributed by atoms with Crippen molar-refractivity contribution in [2.75, 3.05) is 6.54 Å². The molecule has 0 bridgehead atoms. The number of non-ortho nitro benzene ring substituents is 1. The zero-order chi connectivity index (χ0) is 16.8. The average Bonchev–Trinajstić information content (AvgIpc) is 2.61. The Morgan fingerprint density at radius 3 is 2.67 bits per heavy atom. The van der Waals surface area contributed by atoms with Crippen LogP contribution in [0.3, 0.4) is 0 Å². The largest absolute Gasteiger partial charge is 0.280 e. The number of nitrogens with zero attached hydrogens (tertiary/aromatic N) is 2. The summed E-state index contributed by atoms with van der Waals surface area (Å²) in [4.78, 5) is 14.5. The summed E-state index contributed by atoms with van der Waals surface area (Å²) >= 11 is 0. The van der Waals surface area contributed by atoms with E-state index in [9.17, 15) is 10.1 Å². The zero-order valence-electron chi connectivity index (χ0n) is 12.8. The fourth-order valence-corrected chi connectivity index (χ4v) is 2.32. The third kappa shape index (κ3) is 3.84. The molecule has 0 aliphatic carbocycles. The van der Waals surface area contributed by atoms with Gasteiger partial charge in [0.2, 0.25) is 0 Å². The van der Waals surface area contributed by atoms with Gasteiger partial charge in [-0.2, -0.15) is 0 Å². The van der Waals surface area contributed by atoms with Gasteiger partial charge in [-0.25, -0.2) is 0 Å². The van der Waals surface area contributed by atoms with Crippen LogP contribution in [0.15, 0.2) is 71.7 Å². The number of rotatable bonds is 3. The van der Waals surface area contributed by atoms with Crippen molar-refractivity contribution in [3.63, 3.8) is 0 Å². The van der Waals surface area contributed by atoms with Crippen LogP contribution in [0.25, 0.3) is 10.8 Å². The Kier molecular flexibility index (Phi) is 4.64. The van der Waals surface area contributed by atoms with Gasteiger partial charge in [0.1, 0.15) is 6.54 Å². The highest BCUT2D eigenvalue weighted by molar-refractivity contribution is 5.83. The Bertz CT molecular complexity index is 981. The lowest BCUT2D eigenvalue weighted by atomic mass is 10.1. The van der Waals surface area contributed by atoms with Crippen LogP contribution in [-0.2, 0) is 0 Å². The number of nitro benzene ring substituents is 1. The molecule has 3 aromatic rings.